The Morgan fingerprint density at radius 1 is 1.47 bits per heavy atom. The van der Waals surface area contributed by atoms with Crippen molar-refractivity contribution in [3.8, 4) is 5.75 Å². The first-order valence-corrected chi connectivity index (χ1v) is 5.08. The van der Waals surface area contributed by atoms with Gasteiger partial charge in [0, 0.05) is 11.6 Å². The second-order valence-electron chi connectivity index (χ2n) is 2.72. The molecule has 8 heteroatoms. The Bertz CT molecular complexity index is 494. The molecule has 0 aliphatic rings. The van der Waals surface area contributed by atoms with Gasteiger partial charge in [0.1, 0.15) is 5.75 Å². The lowest BCUT2D eigenvalue weighted by Gasteiger charge is -2.02. The lowest BCUT2D eigenvalue weighted by molar-refractivity contribution is -0.385. The van der Waals surface area contributed by atoms with E-state index in [2.05, 4.69) is 4.18 Å². The average Bonchev–Trinajstić information content (AvgIpc) is 1.99. The van der Waals surface area contributed by atoms with Gasteiger partial charge in [-0.2, -0.15) is 8.42 Å². The lowest BCUT2D eigenvalue weighted by Crippen LogP contribution is -2.06. The number of benzene rings is 1. The van der Waals surface area contributed by atoms with Crippen LogP contribution in [0.4, 0.5) is 5.69 Å². The molecule has 0 heterocycles. The van der Waals surface area contributed by atoms with Crippen molar-refractivity contribution in [1.82, 2.24) is 0 Å². The van der Waals surface area contributed by atoms with Crippen molar-refractivity contribution in [2.45, 2.75) is 6.92 Å². The van der Waals surface area contributed by atoms with Gasteiger partial charge in [-0.1, -0.05) is 0 Å². The summed E-state index contributed by atoms with van der Waals surface area (Å²) in [6.07, 6.45) is 0. The smallest absolute Gasteiger partial charge is 0.362 e. The van der Waals surface area contributed by atoms with Gasteiger partial charge in [-0.15, -0.1) is 0 Å². The fourth-order valence-corrected chi connectivity index (χ4v) is 1.35. The summed E-state index contributed by atoms with van der Waals surface area (Å²) in [6, 6.07) is 3.32. The van der Waals surface area contributed by atoms with Gasteiger partial charge in [0.25, 0.3) is 5.69 Å². The summed E-state index contributed by atoms with van der Waals surface area (Å²) in [5.74, 6) is -0.180. The zero-order valence-electron chi connectivity index (χ0n) is 7.58. The maximum Gasteiger partial charge on any atom is 0.446 e. The third-order valence-corrected chi connectivity index (χ3v) is 1.97. The van der Waals surface area contributed by atoms with E-state index < -0.39 is 15.3 Å². The van der Waals surface area contributed by atoms with E-state index in [1.807, 2.05) is 0 Å². The normalized spacial score (nSPS) is 11.1. The first-order valence-electron chi connectivity index (χ1n) is 3.71. The van der Waals surface area contributed by atoms with E-state index >= 15 is 0 Å². The SMILES string of the molecule is Cc1cc(OS(=O)(=O)O)ccc1[N+](=O)[O-]. The molecule has 1 N–H and O–H groups in total. The average molecular weight is 233 g/mol. The number of hydrogen-bond acceptors (Lipinski definition) is 5. The van der Waals surface area contributed by atoms with Gasteiger partial charge in [-0.05, 0) is 19.1 Å². The van der Waals surface area contributed by atoms with Gasteiger partial charge >= 0.3 is 10.4 Å². The Kier molecular flexibility index (Phi) is 2.91. The molecular formula is C7H7NO6S. The van der Waals surface area contributed by atoms with E-state index in [0.29, 0.717) is 0 Å². The zero-order chi connectivity index (χ0) is 11.6. The van der Waals surface area contributed by atoms with Crippen LogP contribution < -0.4 is 4.18 Å². The Morgan fingerprint density at radius 2 is 2.07 bits per heavy atom. The Hall–Kier alpha value is -1.67. The molecule has 1 rings (SSSR count). The summed E-state index contributed by atoms with van der Waals surface area (Å²) in [4.78, 5) is 9.81. The van der Waals surface area contributed by atoms with Crippen LogP contribution in [0.15, 0.2) is 18.2 Å². The number of nitro benzene ring substituents is 1. The molecule has 0 aromatic heterocycles. The van der Waals surface area contributed by atoms with Crippen LogP contribution in [0.25, 0.3) is 0 Å². The minimum Gasteiger partial charge on any atom is -0.362 e. The Balaban J connectivity index is 3.07. The molecule has 0 amide bonds. The first-order chi connectivity index (χ1) is 6.79. The van der Waals surface area contributed by atoms with Crippen LogP contribution in [0.3, 0.4) is 0 Å². The van der Waals surface area contributed by atoms with Crippen LogP contribution >= 0.6 is 0 Å². The molecule has 0 atom stereocenters. The quantitative estimate of drug-likeness (QED) is 0.475. The molecule has 0 saturated heterocycles. The summed E-state index contributed by atoms with van der Waals surface area (Å²) in [7, 11) is -4.60. The number of rotatable bonds is 3. The molecule has 0 fully saturated rings. The molecule has 0 saturated carbocycles. The number of aryl methyl sites for hydroxylation is 1. The minimum absolute atomic E-state index is 0.155. The second kappa shape index (κ2) is 3.83. The highest BCUT2D eigenvalue weighted by molar-refractivity contribution is 7.81. The second-order valence-corrected chi connectivity index (χ2v) is 3.74. The molecule has 0 radical (unpaired) electrons. The Morgan fingerprint density at radius 3 is 2.47 bits per heavy atom. The van der Waals surface area contributed by atoms with E-state index in [4.69, 9.17) is 4.55 Å². The molecule has 7 nitrogen and oxygen atoms in total. The minimum atomic E-state index is -4.60. The molecular weight excluding hydrogens is 226 g/mol. The van der Waals surface area contributed by atoms with Gasteiger partial charge in [0.05, 0.1) is 4.92 Å². The third-order valence-electron chi connectivity index (χ3n) is 1.57. The zero-order valence-corrected chi connectivity index (χ0v) is 8.39. The van der Waals surface area contributed by atoms with Crippen LogP contribution in [0, 0.1) is 17.0 Å². The topological polar surface area (TPSA) is 107 Å². The van der Waals surface area contributed by atoms with Gasteiger partial charge in [0.2, 0.25) is 0 Å². The molecule has 0 aliphatic carbocycles. The van der Waals surface area contributed by atoms with Crippen molar-refractivity contribution in [3.63, 3.8) is 0 Å². The molecule has 1 aromatic rings. The molecule has 0 unspecified atom stereocenters. The van der Waals surface area contributed by atoms with Gasteiger partial charge in [-0.3, -0.25) is 14.7 Å². The maximum atomic E-state index is 10.4. The monoisotopic (exact) mass is 233 g/mol. The van der Waals surface area contributed by atoms with Crippen LogP contribution in [-0.2, 0) is 10.4 Å². The predicted molar refractivity (Wildman–Crippen MR) is 50.0 cm³/mol. The van der Waals surface area contributed by atoms with Crippen LogP contribution in [-0.4, -0.2) is 17.9 Å². The highest BCUT2D eigenvalue weighted by Gasteiger charge is 2.13. The molecule has 82 valence electrons. The standard InChI is InChI=1S/C7H7NO6S/c1-5-4-6(14-15(11,12)13)2-3-7(5)8(9)10/h2-4H,1H3,(H,11,12,13). The largest absolute Gasteiger partial charge is 0.446 e. The fraction of sp³-hybridized carbons (Fsp3) is 0.143. The van der Waals surface area contributed by atoms with Crippen LogP contribution in [0.1, 0.15) is 5.56 Å². The highest BCUT2D eigenvalue weighted by Crippen LogP contribution is 2.23. The lowest BCUT2D eigenvalue weighted by atomic mass is 10.2. The van der Waals surface area contributed by atoms with E-state index in [9.17, 15) is 18.5 Å². The Labute approximate surface area is 85.4 Å². The molecule has 15 heavy (non-hydrogen) atoms. The molecule has 0 aliphatic heterocycles. The van der Waals surface area contributed by atoms with E-state index in [-0.39, 0.29) is 17.0 Å². The maximum absolute atomic E-state index is 10.4. The number of nitrogens with zero attached hydrogens (tertiary/aromatic N) is 1. The van der Waals surface area contributed by atoms with Crippen molar-refractivity contribution in [2.75, 3.05) is 0 Å². The van der Waals surface area contributed by atoms with Crippen molar-refractivity contribution in [3.05, 3.63) is 33.9 Å². The fourth-order valence-electron chi connectivity index (χ4n) is 1.01. The third kappa shape index (κ3) is 3.18. The van der Waals surface area contributed by atoms with E-state index in [0.717, 1.165) is 18.2 Å². The van der Waals surface area contributed by atoms with Gasteiger partial charge in [-0.25, -0.2) is 0 Å². The highest BCUT2D eigenvalue weighted by atomic mass is 32.3. The summed E-state index contributed by atoms with van der Waals surface area (Å²) < 4.78 is 33.1. The van der Waals surface area contributed by atoms with Crippen molar-refractivity contribution < 1.29 is 22.1 Å². The van der Waals surface area contributed by atoms with Gasteiger partial charge in [0.15, 0.2) is 0 Å². The van der Waals surface area contributed by atoms with Crippen molar-refractivity contribution in [2.24, 2.45) is 0 Å². The summed E-state index contributed by atoms with van der Waals surface area (Å²) in [6.45, 7) is 1.43. The van der Waals surface area contributed by atoms with Gasteiger partial charge < -0.3 is 4.18 Å². The molecule has 0 spiro atoms. The first kappa shape index (κ1) is 11.4. The molecule has 0 bridgehead atoms. The number of hydrogen-bond donors (Lipinski definition) is 1. The number of nitro groups is 1. The van der Waals surface area contributed by atoms with Crippen LogP contribution in [0.5, 0.6) is 5.75 Å². The summed E-state index contributed by atoms with van der Waals surface area (Å²) >= 11 is 0. The summed E-state index contributed by atoms with van der Waals surface area (Å²) in [5.41, 5.74) is 0.0823. The van der Waals surface area contributed by atoms with Crippen molar-refractivity contribution >= 4 is 16.1 Å². The summed E-state index contributed by atoms with van der Waals surface area (Å²) in [5, 5.41) is 10.4. The predicted octanol–water partition coefficient (Wildman–Crippen LogP) is 1.08. The van der Waals surface area contributed by atoms with E-state index in [1.54, 1.807) is 0 Å². The van der Waals surface area contributed by atoms with Crippen molar-refractivity contribution in [1.29, 1.82) is 0 Å². The molecule has 1 aromatic carbocycles. The van der Waals surface area contributed by atoms with E-state index in [1.165, 1.54) is 6.92 Å². The van der Waals surface area contributed by atoms with Crippen LogP contribution in [0.2, 0.25) is 0 Å².